The van der Waals surface area contributed by atoms with Crippen LogP contribution in [0.2, 0.25) is 5.02 Å². The first-order chi connectivity index (χ1) is 21.1. The van der Waals surface area contributed by atoms with Gasteiger partial charge < -0.3 is 14.2 Å². The molecule has 0 heterocycles. The molecule has 4 aromatic rings. The molecule has 4 aromatic carbocycles. The number of ether oxygens (including phenoxy) is 3. The molecule has 0 spiro atoms. The molecule has 1 N–H and O–H groups in total. The summed E-state index contributed by atoms with van der Waals surface area (Å²) in [4.78, 5) is 13.0. The van der Waals surface area contributed by atoms with Gasteiger partial charge in [0.2, 0.25) is 0 Å². The molecule has 0 atom stereocenters. The predicted octanol–water partition coefficient (Wildman–Crippen LogP) is 6.74. The zero-order chi connectivity index (χ0) is 31.7. The van der Waals surface area contributed by atoms with E-state index in [2.05, 4.69) is 26.5 Å². The summed E-state index contributed by atoms with van der Waals surface area (Å²) in [6.45, 7) is 3.90. The highest BCUT2D eigenvalue weighted by Crippen LogP contribution is 2.37. The van der Waals surface area contributed by atoms with E-state index < -0.39 is 22.5 Å². The number of carbonyl (C=O) groups is 1. The topological polar surface area (TPSA) is 107 Å². The van der Waals surface area contributed by atoms with Crippen LogP contribution in [0.4, 0.5) is 5.69 Å². The Morgan fingerprint density at radius 1 is 1.02 bits per heavy atom. The average Bonchev–Trinajstić information content (AvgIpc) is 3.00. The first kappa shape index (κ1) is 32.8. The van der Waals surface area contributed by atoms with Crippen LogP contribution in [-0.2, 0) is 21.4 Å². The fraction of sp³-hybridized carbons (Fsp3) is 0.188. The summed E-state index contributed by atoms with van der Waals surface area (Å²) in [6, 6.07) is 23.7. The number of aryl methyl sites for hydroxylation is 1. The van der Waals surface area contributed by atoms with Crippen LogP contribution in [0.25, 0.3) is 0 Å². The van der Waals surface area contributed by atoms with Crippen LogP contribution in [0.5, 0.6) is 17.2 Å². The van der Waals surface area contributed by atoms with Crippen molar-refractivity contribution in [1.29, 1.82) is 0 Å². The van der Waals surface area contributed by atoms with Gasteiger partial charge in [0.05, 0.1) is 35.0 Å². The number of hydrazone groups is 1. The lowest BCUT2D eigenvalue weighted by Crippen LogP contribution is -2.39. The largest absolute Gasteiger partial charge is 0.494 e. The lowest BCUT2D eigenvalue weighted by atomic mass is 10.2. The quantitative estimate of drug-likeness (QED) is 0.122. The number of methoxy groups -OCH3 is 1. The van der Waals surface area contributed by atoms with E-state index in [1.165, 1.54) is 25.5 Å². The first-order valence-electron chi connectivity index (χ1n) is 13.5. The smallest absolute Gasteiger partial charge is 0.264 e. The van der Waals surface area contributed by atoms with Crippen LogP contribution in [0.3, 0.4) is 0 Å². The van der Waals surface area contributed by atoms with Gasteiger partial charge >= 0.3 is 0 Å². The second-order valence-electron chi connectivity index (χ2n) is 9.46. The number of amides is 1. The van der Waals surface area contributed by atoms with Crippen LogP contribution in [0.15, 0.2) is 99.4 Å². The minimum atomic E-state index is -4.08. The Balaban J connectivity index is 1.50. The second kappa shape index (κ2) is 15.1. The minimum Gasteiger partial charge on any atom is -0.494 e. The Kier molecular flexibility index (Phi) is 11.3. The van der Waals surface area contributed by atoms with Gasteiger partial charge in [0.25, 0.3) is 15.9 Å². The maximum Gasteiger partial charge on any atom is 0.264 e. The molecule has 44 heavy (non-hydrogen) atoms. The molecule has 9 nitrogen and oxygen atoms in total. The molecule has 12 heteroatoms. The van der Waals surface area contributed by atoms with Gasteiger partial charge in [-0.05, 0) is 89.9 Å². The third-order valence-corrected chi connectivity index (χ3v) is 9.06. The van der Waals surface area contributed by atoms with Crippen molar-refractivity contribution >= 4 is 55.4 Å². The molecule has 0 aliphatic carbocycles. The number of halogens is 2. The Morgan fingerprint density at radius 2 is 1.73 bits per heavy atom. The first-order valence-corrected chi connectivity index (χ1v) is 16.1. The van der Waals surface area contributed by atoms with Gasteiger partial charge in [-0.15, -0.1) is 0 Å². The average molecular weight is 701 g/mol. The molecular formula is C32H31BrClN3O6S. The molecule has 0 aliphatic rings. The molecule has 1 amide bonds. The lowest BCUT2D eigenvalue weighted by Gasteiger charge is -2.24. The van der Waals surface area contributed by atoms with Gasteiger partial charge in [-0.1, -0.05) is 47.5 Å². The van der Waals surface area contributed by atoms with Crippen LogP contribution in [0.1, 0.15) is 23.6 Å². The highest BCUT2D eigenvalue weighted by Gasteiger charge is 2.27. The van der Waals surface area contributed by atoms with Crippen LogP contribution in [0, 0.1) is 6.92 Å². The van der Waals surface area contributed by atoms with E-state index in [4.69, 9.17) is 25.8 Å². The fourth-order valence-electron chi connectivity index (χ4n) is 4.09. The predicted molar refractivity (Wildman–Crippen MR) is 176 cm³/mol. The summed E-state index contributed by atoms with van der Waals surface area (Å²) in [6.07, 6.45) is 1.42. The summed E-state index contributed by atoms with van der Waals surface area (Å²) in [5, 5.41) is 4.64. The van der Waals surface area contributed by atoms with E-state index in [9.17, 15) is 13.2 Å². The van der Waals surface area contributed by atoms with Crippen LogP contribution in [-0.4, -0.2) is 40.8 Å². The Labute approximate surface area is 270 Å². The van der Waals surface area contributed by atoms with Crippen molar-refractivity contribution in [3.63, 3.8) is 0 Å². The maximum atomic E-state index is 13.6. The van der Waals surface area contributed by atoms with Gasteiger partial charge in [-0.2, -0.15) is 5.10 Å². The number of anilines is 1. The number of carbonyl (C=O) groups excluding carboxylic acids is 1. The van der Waals surface area contributed by atoms with Gasteiger partial charge in [0, 0.05) is 10.6 Å². The third-order valence-electron chi connectivity index (χ3n) is 6.32. The van der Waals surface area contributed by atoms with E-state index in [1.807, 2.05) is 32.0 Å². The Morgan fingerprint density at radius 3 is 2.39 bits per heavy atom. The van der Waals surface area contributed by atoms with Crippen LogP contribution >= 0.6 is 27.5 Å². The summed E-state index contributed by atoms with van der Waals surface area (Å²) in [5.41, 5.74) is 5.04. The van der Waals surface area contributed by atoms with Crippen molar-refractivity contribution in [2.75, 3.05) is 24.6 Å². The number of hydrogen-bond donors (Lipinski definition) is 1. The molecular weight excluding hydrogens is 670 g/mol. The van der Waals surface area contributed by atoms with Crippen LogP contribution < -0.4 is 23.9 Å². The van der Waals surface area contributed by atoms with E-state index in [-0.39, 0.29) is 11.5 Å². The molecule has 0 aromatic heterocycles. The summed E-state index contributed by atoms with van der Waals surface area (Å²) >= 11 is 9.75. The Hall–Kier alpha value is -4.06. The molecule has 0 saturated carbocycles. The number of benzene rings is 4. The van der Waals surface area contributed by atoms with Gasteiger partial charge in [-0.25, -0.2) is 13.8 Å². The minimum absolute atomic E-state index is 0.0575. The van der Waals surface area contributed by atoms with Crippen molar-refractivity contribution in [2.45, 2.75) is 25.3 Å². The number of nitrogens with one attached hydrogen (secondary N) is 1. The summed E-state index contributed by atoms with van der Waals surface area (Å²) in [7, 11) is -2.57. The summed E-state index contributed by atoms with van der Waals surface area (Å²) in [5.74, 6) is 0.849. The monoisotopic (exact) mass is 699 g/mol. The molecule has 230 valence electrons. The fourth-order valence-corrected chi connectivity index (χ4v) is 6.28. The number of hydrogen-bond acceptors (Lipinski definition) is 7. The molecule has 0 saturated heterocycles. The normalized spacial score (nSPS) is 11.3. The highest BCUT2D eigenvalue weighted by molar-refractivity contribution is 9.10. The van der Waals surface area contributed by atoms with E-state index in [0.29, 0.717) is 44.6 Å². The van der Waals surface area contributed by atoms with Gasteiger partial charge in [0.1, 0.15) is 18.9 Å². The van der Waals surface area contributed by atoms with Crippen molar-refractivity contribution in [3.8, 4) is 17.2 Å². The van der Waals surface area contributed by atoms with E-state index in [0.717, 1.165) is 15.4 Å². The van der Waals surface area contributed by atoms with Crippen molar-refractivity contribution in [1.82, 2.24) is 5.43 Å². The zero-order valence-electron chi connectivity index (χ0n) is 24.3. The third kappa shape index (κ3) is 8.31. The number of nitrogens with zero attached hydrogens (tertiary/aromatic N) is 2. The van der Waals surface area contributed by atoms with Crippen molar-refractivity contribution in [2.24, 2.45) is 5.10 Å². The number of rotatable bonds is 13. The highest BCUT2D eigenvalue weighted by atomic mass is 79.9. The molecule has 4 rings (SSSR count). The van der Waals surface area contributed by atoms with Crippen molar-refractivity contribution in [3.05, 3.63) is 111 Å². The lowest BCUT2D eigenvalue weighted by molar-refractivity contribution is -0.119. The van der Waals surface area contributed by atoms with Crippen molar-refractivity contribution < 1.29 is 27.4 Å². The maximum absolute atomic E-state index is 13.6. The molecule has 0 radical (unpaired) electrons. The zero-order valence-corrected chi connectivity index (χ0v) is 27.4. The molecule has 0 fully saturated rings. The Bertz CT molecular complexity index is 1730. The van der Waals surface area contributed by atoms with Gasteiger partial charge in [-0.3, -0.25) is 9.10 Å². The molecule has 0 bridgehead atoms. The molecule has 0 aliphatic heterocycles. The SMILES string of the molecule is CCOc1ccc(N(CC(=O)N/N=C\c2cc(Br)c(OCc3ccccc3Cl)c(OC)c2)S(=O)(=O)c2ccc(C)cc2)cc1. The van der Waals surface area contributed by atoms with E-state index >= 15 is 0 Å². The van der Waals surface area contributed by atoms with Gasteiger partial charge in [0.15, 0.2) is 11.5 Å². The van der Waals surface area contributed by atoms with E-state index in [1.54, 1.807) is 54.6 Å². The standard InChI is InChI=1S/C32H31BrClN3O6S/c1-4-42-26-13-11-25(12-14-26)37(44(39,40)27-15-9-22(2)10-16-27)20-31(38)36-35-19-23-17-28(33)32(30(18-23)41-3)43-21-24-7-5-6-8-29(24)34/h5-19H,4,20-21H2,1-3H3,(H,36,38)/b35-19-. The number of sulfonamides is 1. The second-order valence-corrected chi connectivity index (χ2v) is 12.6. The summed E-state index contributed by atoms with van der Waals surface area (Å²) < 4.78 is 45.8. The molecule has 0 unspecified atom stereocenters.